The van der Waals surface area contributed by atoms with Gasteiger partial charge in [-0.25, -0.2) is 4.79 Å². The monoisotopic (exact) mass is 176 g/mol. The molecule has 11 heavy (non-hydrogen) atoms. The summed E-state index contributed by atoms with van der Waals surface area (Å²) < 4.78 is 0. The van der Waals surface area contributed by atoms with Crippen LogP contribution in [0.25, 0.3) is 0 Å². The molecular weight excluding hydrogens is 164 g/mol. The largest absolute Gasteiger partial charge is 0.465 e. The first-order valence-electron chi connectivity index (χ1n) is 3.56. The van der Waals surface area contributed by atoms with Crippen LogP contribution in [0, 0.1) is 0 Å². The second kappa shape index (κ2) is 3.82. The highest BCUT2D eigenvalue weighted by Gasteiger charge is 2.20. The third-order valence-corrected chi connectivity index (χ3v) is 2.19. The van der Waals surface area contributed by atoms with Gasteiger partial charge in [0.2, 0.25) is 0 Å². The van der Waals surface area contributed by atoms with Crippen molar-refractivity contribution in [3.05, 3.63) is 0 Å². The van der Waals surface area contributed by atoms with Crippen LogP contribution < -0.4 is 5.32 Å². The molecule has 1 fully saturated rings. The zero-order valence-corrected chi connectivity index (χ0v) is 7.05. The number of piperazine rings is 1. The van der Waals surface area contributed by atoms with Crippen molar-refractivity contribution in [2.45, 2.75) is 6.04 Å². The molecule has 1 rings (SSSR count). The molecule has 0 spiro atoms. The normalized spacial score (nSPS) is 25.2. The number of nitrogens with one attached hydrogen (secondary N) is 1. The van der Waals surface area contributed by atoms with E-state index in [1.165, 1.54) is 4.90 Å². The van der Waals surface area contributed by atoms with Gasteiger partial charge in [0, 0.05) is 31.4 Å². The SMILES string of the molecule is O=C(O)N1CCN[C@@H](CS)C1. The van der Waals surface area contributed by atoms with Gasteiger partial charge in [0.25, 0.3) is 0 Å². The maximum Gasteiger partial charge on any atom is 0.407 e. The van der Waals surface area contributed by atoms with Crippen LogP contribution >= 0.6 is 12.6 Å². The Bertz CT molecular complexity index is 154. The molecule has 1 amide bonds. The fourth-order valence-corrected chi connectivity index (χ4v) is 1.37. The van der Waals surface area contributed by atoms with Crippen molar-refractivity contribution in [2.24, 2.45) is 0 Å². The van der Waals surface area contributed by atoms with Gasteiger partial charge in [-0.05, 0) is 0 Å². The third kappa shape index (κ3) is 2.27. The molecule has 1 aliphatic heterocycles. The summed E-state index contributed by atoms with van der Waals surface area (Å²) in [5.74, 6) is 0.684. The third-order valence-electron chi connectivity index (χ3n) is 1.75. The van der Waals surface area contributed by atoms with Crippen molar-refractivity contribution in [1.82, 2.24) is 10.2 Å². The quantitative estimate of drug-likeness (QED) is 0.488. The van der Waals surface area contributed by atoms with Crippen molar-refractivity contribution >= 4 is 18.7 Å². The van der Waals surface area contributed by atoms with E-state index in [1.807, 2.05) is 0 Å². The molecule has 4 nitrogen and oxygen atoms in total. The van der Waals surface area contributed by atoms with E-state index in [0.717, 1.165) is 6.54 Å². The summed E-state index contributed by atoms with van der Waals surface area (Å²) in [6, 6.07) is 0.211. The van der Waals surface area contributed by atoms with Gasteiger partial charge < -0.3 is 15.3 Å². The topological polar surface area (TPSA) is 52.6 Å². The molecule has 1 atom stereocenters. The summed E-state index contributed by atoms with van der Waals surface area (Å²) in [4.78, 5) is 11.9. The number of carboxylic acid groups (broad SMARTS) is 1. The second-order valence-electron chi connectivity index (χ2n) is 2.56. The van der Waals surface area contributed by atoms with Crippen LogP contribution in [0.15, 0.2) is 0 Å². The fraction of sp³-hybridized carbons (Fsp3) is 0.833. The minimum absolute atomic E-state index is 0.211. The van der Waals surface area contributed by atoms with Crippen molar-refractivity contribution in [2.75, 3.05) is 25.4 Å². The van der Waals surface area contributed by atoms with Gasteiger partial charge in [0.1, 0.15) is 0 Å². The lowest BCUT2D eigenvalue weighted by Gasteiger charge is -2.30. The highest BCUT2D eigenvalue weighted by molar-refractivity contribution is 7.80. The molecule has 1 saturated heterocycles. The van der Waals surface area contributed by atoms with Gasteiger partial charge in [-0.2, -0.15) is 12.6 Å². The molecule has 0 saturated carbocycles. The smallest absolute Gasteiger partial charge is 0.407 e. The number of nitrogens with zero attached hydrogens (tertiary/aromatic N) is 1. The molecule has 5 heteroatoms. The average Bonchev–Trinajstić information content (AvgIpc) is 2.05. The maximum atomic E-state index is 10.5. The van der Waals surface area contributed by atoms with E-state index < -0.39 is 6.09 Å². The summed E-state index contributed by atoms with van der Waals surface area (Å²) in [6.45, 7) is 1.87. The first-order chi connectivity index (χ1) is 5.24. The summed E-state index contributed by atoms with van der Waals surface area (Å²) in [5, 5.41) is 11.8. The molecule has 0 aromatic rings. The molecule has 0 aromatic heterocycles. The summed E-state index contributed by atoms with van der Waals surface area (Å²) in [5.41, 5.74) is 0. The number of carbonyl (C=O) groups is 1. The molecule has 0 bridgehead atoms. The Morgan fingerprint density at radius 3 is 3.09 bits per heavy atom. The van der Waals surface area contributed by atoms with Gasteiger partial charge in [0.05, 0.1) is 0 Å². The molecule has 0 unspecified atom stereocenters. The molecule has 1 aliphatic rings. The standard InChI is InChI=1S/C6H12N2O2S/c9-6(10)8-2-1-7-5(3-8)4-11/h5,7,11H,1-4H2,(H,9,10)/t5-/m1/s1. The Kier molecular flexibility index (Phi) is 3.02. The highest BCUT2D eigenvalue weighted by atomic mass is 32.1. The Balaban J connectivity index is 2.39. The lowest BCUT2D eigenvalue weighted by atomic mass is 10.2. The Hall–Kier alpha value is -0.420. The molecule has 64 valence electrons. The van der Waals surface area contributed by atoms with Crippen LogP contribution in [0.4, 0.5) is 4.79 Å². The van der Waals surface area contributed by atoms with E-state index in [4.69, 9.17) is 5.11 Å². The molecule has 0 aliphatic carbocycles. The van der Waals surface area contributed by atoms with Gasteiger partial charge in [-0.1, -0.05) is 0 Å². The first kappa shape index (κ1) is 8.67. The molecule has 1 heterocycles. The minimum Gasteiger partial charge on any atom is -0.465 e. The number of rotatable bonds is 1. The van der Waals surface area contributed by atoms with Crippen molar-refractivity contribution < 1.29 is 9.90 Å². The molecule has 0 aromatic carbocycles. The van der Waals surface area contributed by atoms with Crippen molar-refractivity contribution in [1.29, 1.82) is 0 Å². The molecular formula is C6H12N2O2S. The van der Waals surface area contributed by atoms with Gasteiger partial charge in [-0.15, -0.1) is 0 Å². The summed E-state index contributed by atoms with van der Waals surface area (Å²) in [7, 11) is 0. The van der Waals surface area contributed by atoms with Crippen LogP contribution in [0.3, 0.4) is 0 Å². The Morgan fingerprint density at radius 1 is 1.82 bits per heavy atom. The van der Waals surface area contributed by atoms with E-state index in [9.17, 15) is 4.79 Å². The van der Waals surface area contributed by atoms with E-state index in [1.54, 1.807) is 0 Å². The van der Waals surface area contributed by atoms with Crippen molar-refractivity contribution in [3.63, 3.8) is 0 Å². The predicted octanol–water partition coefficient (Wildman–Crippen LogP) is -0.132. The number of thiol groups is 1. The number of amides is 1. The van der Waals surface area contributed by atoms with Crippen LogP contribution in [0.2, 0.25) is 0 Å². The van der Waals surface area contributed by atoms with Gasteiger partial charge in [-0.3, -0.25) is 0 Å². The molecule has 0 radical (unpaired) electrons. The first-order valence-corrected chi connectivity index (χ1v) is 4.19. The van der Waals surface area contributed by atoms with E-state index in [2.05, 4.69) is 17.9 Å². The highest BCUT2D eigenvalue weighted by Crippen LogP contribution is 2.00. The Labute approximate surface area is 71.0 Å². The van der Waals surface area contributed by atoms with Gasteiger partial charge >= 0.3 is 6.09 Å². The van der Waals surface area contributed by atoms with E-state index in [-0.39, 0.29) is 6.04 Å². The van der Waals surface area contributed by atoms with Gasteiger partial charge in [0.15, 0.2) is 0 Å². The van der Waals surface area contributed by atoms with Crippen LogP contribution in [0.5, 0.6) is 0 Å². The van der Waals surface area contributed by atoms with E-state index in [0.29, 0.717) is 18.8 Å². The lowest BCUT2D eigenvalue weighted by molar-refractivity contribution is 0.131. The number of hydrogen-bond acceptors (Lipinski definition) is 3. The zero-order valence-electron chi connectivity index (χ0n) is 6.16. The number of hydrogen-bond donors (Lipinski definition) is 3. The lowest BCUT2D eigenvalue weighted by Crippen LogP contribution is -2.53. The Morgan fingerprint density at radius 2 is 2.55 bits per heavy atom. The fourth-order valence-electron chi connectivity index (χ4n) is 1.12. The second-order valence-corrected chi connectivity index (χ2v) is 2.93. The average molecular weight is 176 g/mol. The summed E-state index contributed by atoms with van der Waals surface area (Å²) >= 11 is 4.09. The predicted molar refractivity (Wildman–Crippen MR) is 45.2 cm³/mol. The van der Waals surface area contributed by atoms with Crippen molar-refractivity contribution in [3.8, 4) is 0 Å². The van der Waals surface area contributed by atoms with Crippen LogP contribution in [0.1, 0.15) is 0 Å². The maximum absolute atomic E-state index is 10.5. The zero-order chi connectivity index (χ0) is 8.27. The minimum atomic E-state index is -0.835. The molecule has 2 N–H and O–H groups in total. The van der Waals surface area contributed by atoms with Crippen LogP contribution in [-0.2, 0) is 0 Å². The summed E-state index contributed by atoms with van der Waals surface area (Å²) in [6.07, 6.45) is -0.835. The van der Waals surface area contributed by atoms with E-state index >= 15 is 0 Å². The van der Waals surface area contributed by atoms with Crippen LogP contribution in [-0.4, -0.2) is 47.5 Å².